The topological polar surface area (TPSA) is 85.2 Å². The maximum atomic E-state index is 10.8. The van der Waals surface area contributed by atoms with E-state index < -0.39 is 21.6 Å². The van der Waals surface area contributed by atoms with Crippen molar-refractivity contribution in [3.63, 3.8) is 0 Å². The fourth-order valence-electron chi connectivity index (χ4n) is 1.38. The lowest BCUT2D eigenvalue weighted by molar-refractivity contribution is -0.0618. The Hall–Kier alpha value is 0.460. The third-order valence-electron chi connectivity index (χ3n) is 1.97. The van der Waals surface area contributed by atoms with Gasteiger partial charge in [0.15, 0.2) is 0 Å². The van der Waals surface area contributed by atoms with Crippen LogP contribution in [0.2, 0.25) is 0 Å². The van der Waals surface area contributed by atoms with Crippen LogP contribution in [-0.4, -0.2) is 35.8 Å². The van der Waals surface area contributed by atoms with Gasteiger partial charge in [-0.1, -0.05) is 0 Å². The SMILES string of the molecule is O=P(O)(O)CC12COP(OC1)OC2. The van der Waals surface area contributed by atoms with Gasteiger partial charge >= 0.3 is 16.2 Å². The molecule has 76 valence electrons. The van der Waals surface area contributed by atoms with Crippen LogP contribution in [0.1, 0.15) is 0 Å². The van der Waals surface area contributed by atoms with E-state index in [1.165, 1.54) is 0 Å². The normalized spacial score (nSPS) is 39.4. The summed E-state index contributed by atoms with van der Waals surface area (Å²) in [5, 5.41) is 0. The van der Waals surface area contributed by atoms with Gasteiger partial charge in [0.2, 0.25) is 0 Å². The highest BCUT2D eigenvalue weighted by Crippen LogP contribution is 2.56. The minimum absolute atomic E-state index is 0.233. The average Bonchev–Trinajstić information content (AvgIpc) is 2.03. The average molecular weight is 228 g/mol. The summed E-state index contributed by atoms with van der Waals surface area (Å²) in [7, 11) is -5.25. The molecule has 3 fully saturated rings. The van der Waals surface area contributed by atoms with Gasteiger partial charge in [-0.3, -0.25) is 4.57 Å². The van der Waals surface area contributed by atoms with E-state index in [4.69, 9.17) is 23.4 Å². The first-order chi connectivity index (χ1) is 5.99. The molecule has 0 unspecified atom stereocenters. The zero-order chi connectivity index (χ0) is 9.53. The van der Waals surface area contributed by atoms with Gasteiger partial charge in [0.1, 0.15) is 0 Å². The molecule has 6 nitrogen and oxygen atoms in total. The van der Waals surface area contributed by atoms with Crippen LogP contribution < -0.4 is 0 Å². The van der Waals surface area contributed by atoms with E-state index in [1.807, 2.05) is 0 Å². The van der Waals surface area contributed by atoms with E-state index in [2.05, 4.69) is 0 Å². The summed E-state index contributed by atoms with van der Waals surface area (Å²) in [6.07, 6.45) is -0.233. The van der Waals surface area contributed by atoms with Crippen molar-refractivity contribution >= 4 is 16.2 Å². The smallest absolute Gasteiger partial charge is 0.324 e. The molecule has 0 aromatic rings. The molecule has 0 atom stereocenters. The first kappa shape index (κ1) is 9.99. The first-order valence-electron chi connectivity index (χ1n) is 3.73. The number of fused-ring (bicyclic) bond motifs is 3. The highest BCUT2D eigenvalue weighted by molar-refractivity contribution is 7.51. The molecule has 0 saturated carbocycles. The maximum Gasteiger partial charge on any atom is 0.332 e. The minimum atomic E-state index is -4.02. The van der Waals surface area contributed by atoms with Crippen molar-refractivity contribution in [2.24, 2.45) is 5.41 Å². The molecule has 13 heavy (non-hydrogen) atoms. The van der Waals surface area contributed by atoms with Gasteiger partial charge in [-0.25, -0.2) is 0 Å². The molecular weight excluding hydrogens is 218 g/mol. The zero-order valence-electron chi connectivity index (χ0n) is 6.75. The van der Waals surface area contributed by atoms with Crippen molar-refractivity contribution in [2.45, 2.75) is 0 Å². The van der Waals surface area contributed by atoms with Gasteiger partial charge in [-0.15, -0.1) is 0 Å². The summed E-state index contributed by atoms with van der Waals surface area (Å²) < 4.78 is 26.1. The first-order valence-corrected chi connectivity index (χ1v) is 6.62. The Labute approximate surface area is 76.3 Å². The lowest BCUT2D eigenvalue weighted by Gasteiger charge is -2.43. The Morgan fingerprint density at radius 1 is 1.23 bits per heavy atom. The summed E-state index contributed by atoms with van der Waals surface area (Å²) in [5.41, 5.74) is -0.643. The van der Waals surface area contributed by atoms with Crippen molar-refractivity contribution in [1.82, 2.24) is 0 Å². The van der Waals surface area contributed by atoms with Gasteiger partial charge in [0.05, 0.1) is 31.4 Å². The zero-order valence-corrected chi connectivity index (χ0v) is 8.54. The molecule has 0 spiro atoms. The number of rotatable bonds is 2. The molecule has 0 aliphatic carbocycles. The lowest BCUT2D eigenvalue weighted by Crippen LogP contribution is -2.46. The van der Waals surface area contributed by atoms with Crippen LogP contribution in [0.15, 0.2) is 0 Å². The van der Waals surface area contributed by atoms with E-state index in [0.717, 1.165) is 0 Å². The van der Waals surface area contributed by atoms with Crippen molar-refractivity contribution in [3.05, 3.63) is 0 Å². The molecule has 2 bridgehead atoms. The second-order valence-corrected chi connectivity index (χ2v) is 6.23. The van der Waals surface area contributed by atoms with Crippen molar-refractivity contribution in [2.75, 3.05) is 26.0 Å². The Kier molecular flexibility index (Phi) is 2.49. The molecular formula is C5H10O6P2. The summed E-state index contributed by atoms with van der Waals surface area (Å²) >= 11 is 0. The van der Waals surface area contributed by atoms with Crippen LogP contribution >= 0.6 is 16.2 Å². The maximum absolute atomic E-state index is 10.8. The minimum Gasteiger partial charge on any atom is -0.324 e. The van der Waals surface area contributed by atoms with E-state index in [0.29, 0.717) is 19.8 Å². The third kappa shape index (κ3) is 2.28. The second-order valence-electron chi connectivity index (χ2n) is 3.37. The summed E-state index contributed by atoms with van der Waals surface area (Å²) in [4.78, 5) is 17.7. The van der Waals surface area contributed by atoms with E-state index >= 15 is 0 Å². The number of hydrogen-bond donors (Lipinski definition) is 2. The van der Waals surface area contributed by atoms with E-state index in [1.54, 1.807) is 0 Å². The standard InChI is InChI=1S/C5H10O6P2/c6-13(7,8)4-5-1-9-12(10-2-5)11-3-5/h1-4H2,(H2,6,7,8). The highest BCUT2D eigenvalue weighted by atomic mass is 31.2. The van der Waals surface area contributed by atoms with Crippen LogP contribution in [0.5, 0.6) is 0 Å². The molecule has 3 aliphatic heterocycles. The van der Waals surface area contributed by atoms with Crippen molar-refractivity contribution in [3.8, 4) is 0 Å². The Morgan fingerprint density at radius 2 is 1.69 bits per heavy atom. The predicted octanol–water partition coefficient (Wildman–Crippen LogP) is 0.454. The third-order valence-corrected chi connectivity index (χ3v) is 4.07. The van der Waals surface area contributed by atoms with Crippen LogP contribution in [0, 0.1) is 5.41 Å². The molecule has 3 heterocycles. The highest BCUT2D eigenvalue weighted by Gasteiger charge is 2.48. The molecule has 2 N–H and O–H groups in total. The Morgan fingerprint density at radius 3 is 2.08 bits per heavy atom. The summed E-state index contributed by atoms with van der Waals surface area (Å²) in [6.45, 7) is 0.970. The van der Waals surface area contributed by atoms with Crippen molar-refractivity contribution in [1.29, 1.82) is 0 Å². The molecule has 8 heteroatoms. The Balaban J connectivity index is 2.07. The molecule has 3 aliphatic rings. The van der Waals surface area contributed by atoms with Crippen LogP contribution in [-0.2, 0) is 18.1 Å². The molecule has 3 saturated heterocycles. The quantitative estimate of drug-likeness (QED) is 0.667. The fourth-order valence-corrected chi connectivity index (χ4v) is 3.89. The summed E-state index contributed by atoms with van der Waals surface area (Å²) in [5.74, 6) is 0. The molecule has 0 aromatic heterocycles. The Bertz CT molecular complexity index is 228. The molecule has 3 rings (SSSR count). The van der Waals surface area contributed by atoms with E-state index in [-0.39, 0.29) is 6.16 Å². The van der Waals surface area contributed by atoms with Crippen LogP contribution in [0.4, 0.5) is 0 Å². The monoisotopic (exact) mass is 228 g/mol. The van der Waals surface area contributed by atoms with Gasteiger partial charge in [0, 0.05) is 0 Å². The largest absolute Gasteiger partial charge is 0.332 e. The van der Waals surface area contributed by atoms with E-state index in [9.17, 15) is 4.57 Å². The van der Waals surface area contributed by atoms with Crippen molar-refractivity contribution < 1.29 is 27.9 Å². The molecule has 0 amide bonds. The van der Waals surface area contributed by atoms with Crippen LogP contribution in [0.25, 0.3) is 0 Å². The lowest BCUT2D eigenvalue weighted by atomic mass is 9.94. The number of hydrogen-bond acceptors (Lipinski definition) is 4. The fraction of sp³-hybridized carbons (Fsp3) is 1.00. The van der Waals surface area contributed by atoms with Crippen LogP contribution in [0.3, 0.4) is 0 Å². The molecule has 0 radical (unpaired) electrons. The van der Waals surface area contributed by atoms with Gasteiger partial charge in [-0.2, -0.15) is 0 Å². The predicted molar refractivity (Wildman–Crippen MR) is 44.1 cm³/mol. The van der Waals surface area contributed by atoms with Gasteiger partial charge < -0.3 is 23.4 Å². The van der Waals surface area contributed by atoms with Gasteiger partial charge in [-0.05, 0) is 0 Å². The summed E-state index contributed by atoms with van der Waals surface area (Å²) in [6, 6.07) is 0. The molecule has 0 aromatic carbocycles. The second kappa shape index (κ2) is 3.24. The van der Waals surface area contributed by atoms with Gasteiger partial charge in [0.25, 0.3) is 0 Å².